The highest BCUT2D eigenvalue weighted by Crippen LogP contribution is 2.27. The first-order valence-corrected chi connectivity index (χ1v) is 6.52. The molecule has 0 radical (unpaired) electrons. The number of rotatable bonds is 4. The van der Waals surface area contributed by atoms with E-state index in [0.29, 0.717) is 6.54 Å². The van der Waals surface area contributed by atoms with Gasteiger partial charge in [0.15, 0.2) is 5.82 Å². The Morgan fingerprint density at radius 2 is 2.00 bits per heavy atom. The number of likely N-dealkylation sites (N-methyl/N-ethyl adjacent to an activating group) is 1. The summed E-state index contributed by atoms with van der Waals surface area (Å²) in [6.07, 6.45) is 1.95. The van der Waals surface area contributed by atoms with E-state index in [0.717, 1.165) is 28.0 Å². The molecule has 102 valence electrons. The molecule has 3 rings (SSSR count). The molecule has 2 aromatic heterocycles. The van der Waals surface area contributed by atoms with Crippen LogP contribution in [-0.2, 0) is 0 Å². The third-order valence-electron chi connectivity index (χ3n) is 3.34. The quantitative estimate of drug-likeness (QED) is 0.760. The molecule has 0 aliphatic heterocycles. The SMILES string of the molecule is CN(CCO)c1ccc(-c2c[nH]c3ccccc23)nn1. The lowest BCUT2D eigenvalue weighted by molar-refractivity contribution is 0.303. The third kappa shape index (κ3) is 2.23. The van der Waals surface area contributed by atoms with Gasteiger partial charge in [-0.15, -0.1) is 10.2 Å². The summed E-state index contributed by atoms with van der Waals surface area (Å²) in [4.78, 5) is 5.10. The molecule has 2 heterocycles. The first kappa shape index (κ1) is 12.6. The number of aliphatic hydroxyl groups excluding tert-OH is 1. The zero-order valence-electron chi connectivity index (χ0n) is 11.2. The molecule has 3 aromatic rings. The van der Waals surface area contributed by atoms with Gasteiger partial charge in [-0.3, -0.25) is 0 Å². The van der Waals surface area contributed by atoms with E-state index >= 15 is 0 Å². The second-order valence-corrected chi connectivity index (χ2v) is 4.67. The number of aliphatic hydroxyl groups is 1. The highest BCUT2D eigenvalue weighted by atomic mass is 16.3. The highest BCUT2D eigenvalue weighted by Gasteiger charge is 2.08. The van der Waals surface area contributed by atoms with E-state index in [9.17, 15) is 0 Å². The Hall–Kier alpha value is -2.40. The molecule has 0 spiro atoms. The maximum atomic E-state index is 8.93. The van der Waals surface area contributed by atoms with E-state index in [2.05, 4.69) is 21.2 Å². The summed E-state index contributed by atoms with van der Waals surface area (Å²) in [7, 11) is 1.88. The van der Waals surface area contributed by atoms with Crippen molar-refractivity contribution in [3.8, 4) is 11.3 Å². The van der Waals surface area contributed by atoms with Gasteiger partial charge in [0.25, 0.3) is 0 Å². The number of nitrogens with one attached hydrogen (secondary N) is 1. The van der Waals surface area contributed by atoms with Gasteiger partial charge in [-0.2, -0.15) is 0 Å². The summed E-state index contributed by atoms with van der Waals surface area (Å²) in [6, 6.07) is 12.0. The number of hydrogen-bond donors (Lipinski definition) is 2. The van der Waals surface area contributed by atoms with Crippen molar-refractivity contribution in [3.63, 3.8) is 0 Å². The van der Waals surface area contributed by atoms with E-state index in [1.165, 1.54) is 0 Å². The Labute approximate surface area is 116 Å². The fourth-order valence-corrected chi connectivity index (χ4v) is 2.22. The molecule has 0 saturated heterocycles. The second kappa shape index (κ2) is 5.30. The molecule has 0 saturated carbocycles. The van der Waals surface area contributed by atoms with Gasteiger partial charge in [0.2, 0.25) is 0 Å². The standard InChI is InChI=1S/C15H16N4O/c1-19(8-9-20)15-7-6-14(17-18-15)12-10-16-13-5-3-2-4-11(12)13/h2-7,10,16,20H,8-9H2,1H3. The van der Waals surface area contributed by atoms with Crippen molar-refractivity contribution >= 4 is 16.7 Å². The van der Waals surface area contributed by atoms with Crippen LogP contribution in [0.1, 0.15) is 0 Å². The van der Waals surface area contributed by atoms with Gasteiger partial charge >= 0.3 is 0 Å². The summed E-state index contributed by atoms with van der Waals surface area (Å²) in [5, 5.41) is 18.6. The van der Waals surface area contributed by atoms with E-state index < -0.39 is 0 Å². The maximum Gasteiger partial charge on any atom is 0.151 e. The van der Waals surface area contributed by atoms with Crippen molar-refractivity contribution < 1.29 is 5.11 Å². The zero-order valence-corrected chi connectivity index (χ0v) is 11.2. The molecule has 0 aliphatic rings. The van der Waals surface area contributed by atoms with Gasteiger partial charge < -0.3 is 15.0 Å². The number of nitrogens with zero attached hydrogens (tertiary/aromatic N) is 3. The molecule has 1 aromatic carbocycles. The van der Waals surface area contributed by atoms with E-state index in [1.54, 1.807) is 0 Å². The summed E-state index contributed by atoms with van der Waals surface area (Å²) < 4.78 is 0. The lowest BCUT2D eigenvalue weighted by Crippen LogP contribution is -2.22. The first-order valence-electron chi connectivity index (χ1n) is 6.52. The molecule has 0 bridgehead atoms. The highest BCUT2D eigenvalue weighted by molar-refractivity contribution is 5.94. The Morgan fingerprint density at radius 1 is 1.15 bits per heavy atom. The number of fused-ring (bicyclic) bond motifs is 1. The Balaban J connectivity index is 1.95. The van der Waals surface area contributed by atoms with Crippen molar-refractivity contribution in [1.29, 1.82) is 0 Å². The predicted octanol–water partition coefficient (Wildman–Crippen LogP) is 2.05. The lowest BCUT2D eigenvalue weighted by atomic mass is 10.1. The van der Waals surface area contributed by atoms with Gasteiger partial charge in [-0.1, -0.05) is 18.2 Å². The van der Waals surface area contributed by atoms with Crippen LogP contribution in [0.15, 0.2) is 42.6 Å². The smallest absolute Gasteiger partial charge is 0.151 e. The van der Waals surface area contributed by atoms with Crippen molar-refractivity contribution in [2.75, 3.05) is 25.1 Å². The number of aromatic amines is 1. The van der Waals surface area contributed by atoms with E-state index in [4.69, 9.17) is 5.11 Å². The molecule has 20 heavy (non-hydrogen) atoms. The number of hydrogen-bond acceptors (Lipinski definition) is 4. The largest absolute Gasteiger partial charge is 0.395 e. The van der Waals surface area contributed by atoms with Crippen molar-refractivity contribution in [2.45, 2.75) is 0 Å². The minimum atomic E-state index is 0.0996. The second-order valence-electron chi connectivity index (χ2n) is 4.67. The Kier molecular flexibility index (Phi) is 3.35. The molecule has 5 heteroatoms. The molecule has 5 nitrogen and oxygen atoms in total. The van der Waals surface area contributed by atoms with Crippen LogP contribution >= 0.6 is 0 Å². The Morgan fingerprint density at radius 3 is 2.75 bits per heavy atom. The molecular formula is C15H16N4O. The fourth-order valence-electron chi connectivity index (χ4n) is 2.22. The summed E-state index contributed by atoms with van der Waals surface area (Å²) in [6.45, 7) is 0.642. The molecule has 2 N–H and O–H groups in total. The third-order valence-corrected chi connectivity index (χ3v) is 3.34. The van der Waals surface area contributed by atoms with Crippen LogP contribution in [0.5, 0.6) is 0 Å². The van der Waals surface area contributed by atoms with Gasteiger partial charge in [0.1, 0.15) is 0 Å². The van der Waals surface area contributed by atoms with Gasteiger partial charge in [0, 0.05) is 36.3 Å². The number of anilines is 1. The molecule has 0 unspecified atom stereocenters. The lowest BCUT2D eigenvalue weighted by Gasteiger charge is -2.15. The van der Waals surface area contributed by atoms with Crippen LogP contribution in [0.3, 0.4) is 0 Å². The van der Waals surface area contributed by atoms with Crippen molar-refractivity contribution in [2.24, 2.45) is 0 Å². The number of benzene rings is 1. The number of aromatic nitrogens is 3. The maximum absolute atomic E-state index is 8.93. The van der Waals surface area contributed by atoms with Crippen LogP contribution in [0, 0.1) is 0 Å². The average molecular weight is 268 g/mol. The van der Waals surface area contributed by atoms with Crippen LogP contribution in [-0.4, -0.2) is 40.5 Å². The predicted molar refractivity (Wildman–Crippen MR) is 79.7 cm³/mol. The number of H-pyrrole nitrogens is 1. The van der Waals surface area contributed by atoms with Crippen molar-refractivity contribution in [1.82, 2.24) is 15.2 Å². The van der Waals surface area contributed by atoms with Crippen molar-refractivity contribution in [3.05, 3.63) is 42.6 Å². The number of para-hydroxylation sites is 1. The minimum absolute atomic E-state index is 0.0996. The Bertz CT molecular complexity index is 705. The minimum Gasteiger partial charge on any atom is -0.395 e. The van der Waals surface area contributed by atoms with Crippen LogP contribution in [0.4, 0.5) is 5.82 Å². The average Bonchev–Trinajstić information content (AvgIpc) is 2.92. The fraction of sp³-hybridized carbons (Fsp3) is 0.200. The monoisotopic (exact) mass is 268 g/mol. The summed E-state index contributed by atoms with van der Waals surface area (Å²) in [5.41, 5.74) is 2.97. The first-order chi connectivity index (χ1) is 9.79. The van der Waals surface area contributed by atoms with Gasteiger partial charge in [-0.25, -0.2) is 0 Å². The van der Waals surface area contributed by atoms with Crippen LogP contribution in [0.25, 0.3) is 22.2 Å². The van der Waals surface area contributed by atoms with Crippen LogP contribution < -0.4 is 4.90 Å². The van der Waals surface area contributed by atoms with Gasteiger partial charge in [-0.05, 0) is 18.2 Å². The van der Waals surface area contributed by atoms with Gasteiger partial charge in [0.05, 0.1) is 12.3 Å². The molecule has 0 amide bonds. The summed E-state index contributed by atoms with van der Waals surface area (Å²) in [5.74, 6) is 0.752. The molecular weight excluding hydrogens is 252 g/mol. The molecule has 0 aliphatic carbocycles. The molecule has 0 fully saturated rings. The van der Waals surface area contributed by atoms with E-state index in [-0.39, 0.29) is 6.61 Å². The normalized spacial score (nSPS) is 10.9. The zero-order chi connectivity index (χ0) is 13.9. The topological polar surface area (TPSA) is 65.0 Å². The van der Waals surface area contributed by atoms with Crippen LogP contribution in [0.2, 0.25) is 0 Å². The molecule has 0 atom stereocenters. The van der Waals surface area contributed by atoms with E-state index in [1.807, 2.05) is 48.5 Å². The summed E-state index contributed by atoms with van der Waals surface area (Å²) >= 11 is 0.